The van der Waals surface area contributed by atoms with Gasteiger partial charge in [0.1, 0.15) is 0 Å². The molecule has 8 heteroatoms. The van der Waals surface area contributed by atoms with Gasteiger partial charge in [0.25, 0.3) is 0 Å². The predicted molar refractivity (Wildman–Crippen MR) is 141 cm³/mol. The second-order valence-corrected chi connectivity index (χ2v) is 11.4. The van der Waals surface area contributed by atoms with Gasteiger partial charge in [0.05, 0.1) is 31.9 Å². The molecule has 34 heavy (non-hydrogen) atoms. The molecule has 0 aromatic heterocycles. The highest BCUT2D eigenvalue weighted by Crippen LogP contribution is 2.31. The van der Waals surface area contributed by atoms with E-state index in [1.165, 1.54) is 6.26 Å². The summed E-state index contributed by atoms with van der Waals surface area (Å²) in [7, 11) is -3.32. The molecule has 0 bridgehead atoms. The molecule has 0 saturated carbocycles. The van der Waals surface area contributed by atoms with Crippen LogP contribution in [-0.2, 0) is 9.84 Å². The van der Waals surface area contributed by atoms with Gasteiger partial charge in [-0.25, -0.2) is 13.4 Å². The van der Waals surface area contributed by atoms with Crippen molar-refractivity contribution in [1.82, 2.24) is 0 Å². The second-order valence-electron chi connectivity index (χ2n) is 8.55. The van der Waals surface area contributed by atoms with Crippen LogP contribution in [0.15, 0.2) is 82.3 Å². The Morgan fingerprint density at radius 3 is 2.15 bits per heavy atom. The molecule has 0 atom stereocenters. The zero-order chi connectivity index (χ0) is 25.3. The van der Waals surface area contributed by atoms with E-state index in [1.807, 2.05) is 31.2 Å². The van der Waals surface area contributed by atoms with Crippen molar-refractivity contribution in [2.75, 3.05) is 6.26 Å². The van der Waals surface area contributed by atoms with Crippen LogP contribution in [0.5, 0.6) is 0 Å². The Labute approximate surface area is 210 Å². The van der Waals surface area contributed by atoms with Crippen LogP contribution >= 0.6 is 23.2 Å². The van der Waals surface area contributed by atoms with Crippen molar-refractivity contribution >= 4 is 44.4 Å². The molecule has 3 aromatic carbocycles. The average Bonchev–Trinajstić information content (AvgIpc) is 2.73. The zero-order valence-electron chi connectivity index (χ0n) is 19.3. The van der Waals surface area contributed by atoms with E-state index in [2.05, 4.69) is 0 Å². The van der Waals surface area contributed by atoms with Crippen molar-refractivity contribution in [3.63, 3.8) is 0 Å². The Balaban J connectivity index is 2.14. The van der Waals surface area contributed by atoms with E-state index in [-0.39, 0.29) is 10.6 Å². The topological polar surface area (TPSA) is 92.8 Å². The molecule has 5 nitrogen and oxygen atoms in total. The van der Waals surface area contributed by atoms with Gasteiger partial charge >= 0.3 is 0 Å². The minimum absolute atomic E-state index is 0.203. The van der Waals surface area contributed by atoms with Crippen LogP contribution in [0.25, 0.3) is 11.1 Å². The first-order chi connectivity index (χ1) is 15.8. The summed E-state index contributed by atoms with van der Waals surface area (Å²) in [5, 5.41) is 11.1. The van der Waals surface area contributed by atoms with Crippen LogP contribution in [0.3, 0.4) is 0 Å². The number of aryl methyl sites for hydroxylation is 1. The van der Waals surface area contributed by atoms with Crippen molar-refractivity contribution in [2.24, 2.45) is 10.7 Å². The van der Waals surface area contributed by atoms with Gasteiger partial charge < -0.3 is 10.8 Å². The number of hydrogen-bond donors (Lipinski definition) is 2. The normalized spacial score (nSPS) is 13.3. The molecule has 0 heterocycles. The highest BCUT2D eigenvalue weighted by atomic mass is 35.5. The van der Waals surface area contributed by atoms with Gasteiger partial charge in [-0.2, -0.15) is 0 Å². The number of halogens is 2. The van der Waals surface area contributed by atoms with Crippen molar-refractivity contribution in [2.45, 2.75) is 31.3 Å². The van der Waals surface area contributed by atoms with Crippen molar-refractivity contribution < 1.29 is 13.5 Å². The van der Waals surface area contributed by atoms with Gasteiger partial charge in [-0.1, -0.05) is 47.5 Å². The lowest BCUT2D eigenvalue weighted by molar-refractivity contribution is 0.118. The standard InChI is InChI=1S/C26H26Cl2N2O3S/c1-16-13-18(17-7-5-8-19(14-17)34(4,32)33)11-12-22(16)30-23(15-24(29)26(2,3)31)25-20(27)9-6-10-21(25)28/h5-15,31H,29H2,1-4H3/b24-15-,30-23?. The molecule has 3 N–H and O–H groups in total. The van der Waals surface area contributed by atoms with Crippen LogP contribution in [-0.4, -0.2) is 31.1 Å². The summed E-state index contributed by atoms with van der Waals surface area (Å²) in [6.07, 6.45) is 2.75. The fourth-order valence-electron chi connectivity index (χ4n) is 3.22. The summed E-state index contributed by atoms with van der Waals surface area (Å²) < 4.78 is 23.9. The van der Waals surface area contributed by atoms with E-state index >= 15 is 0 Å². The third-order valence-corrected chi connectivity index (χ3v) is 6.99. The molecule has 0 aliphatic carbocycles. The summed E-state index contributed by atoms with van der Waals surface area (Å²) in [4.78, 5) is 5.04. The lowest BCUT2D eigenvalue weighted by Crippen LogP contribution is -2.28. The number of aliphatic hydroxyl groups is 1. The van der Waals surface area contributed by atoms with Crippen molar-refractivity contribution in [3.05, 3.63) is 93.6 Å². The van der Waals surface area contributed by atoms with Crippen LogP contribution in [0.2, 0.25) is 10.0 Å². The third-order valence-electron chi connectivity index (χ3n) is 5.25. The largest absolute Gasteiger partial charge is 0.400 e. The van der Waals surface area contributed by atoms with Gasteiger partial charge in [0.15, 0.2) is 9.84 Å². The predicted octanol–water partition coefficient (Wildman–Crippen LogP) is 6.11. The number of allylic oxidation sites excluding steroid dienone is 1. The molecule has 0 radical (unpaired) electrons. The van der Waals surface area contributed by atoms with Gasteiger partial charge in [-0.05, 0) is 79.9 Å². The summed E-state index contributed by atoms with van der Waals surface area (Å²) in [6, 6.07) is 17.6. The lowest BCUT2D eigenvalue weighted by Gasteiger charge is -2.19. The number of hydrogen-bond acceptors (Lipinski definition) is 5. The van der Waals surface area contributed by atoms with E-state index in [0.29, 0.717) is 27.0 Å². The first-order valence-electron chi connectivity index (χ1n) is 10.4. The summed E-state index contributed by atoms with van der Waals surface area (Å²) in [5.74, 6) is 0. The van der Waals surface area contributed by atoms with Crippen LogP contribution in [0, 0.1) is 6.92 Å². The number of rotatable bonds is 6. The Morgan fingerprint density at radius 1 is 1.00 bits per heavy atom. The third kappa shape index (κ3) is 6.07. The molecule has 178 valence electrons. The quantitative estimate of drug-likeness (QED) is 0.386. The smallest absolute Gasteiger partial charge is 0.175 e. The van der Waals surface area contributed by atoms with Crippen LogP contribution < -0.4 is 5.73 Å². The molecule has 0 amide bonds. The van der Waals surface area contributed by atoms with E-state index in [9.17, 15) is 13.5 Å². The van der Waals surface area contributed by atoms with Crippen LogP contribution in [0.1, 0.15) is 25.0 Å². The van der Waals surface area contributed by atoms with Gasteiger partial charge in [0, 0.05) is 17.5 Å². The molecule has 0 saturated heterocycles. The Hall–Kier alpha value is -2.64. The van der Waals surface area contributed by atoms with E-state index < -0.39 is 15.4 Å². The second kappa shape index (κ2) is 9.92. The van der Waals surface area contributed by atoms with Crippen molar-refractivity contribution in [1.29, 1.82) is 0 Å². The number of benzene rings is 3. The highest BCUT2D eigenvalue weighted by molar-refractivity contribution is 7.90. The SMILES string of the molecule is Cc1cc(-c2cccc(S(C)(=O)=O)c2)ccc1N=C(/C=C(\N)C(C)(C)O)c1c(Cl)cccc1Cl. The molecule has 3 aromatic rings. The van der Waals surface area contributed by atoms with Gasteiger partial charge in [0.2, 0.25) is 0 Å². The Morgan fingerprint density at radius 2 is 1.59 bits per heavy atom. The minimum Gasteiger partial charge on any atom is -0.400 e. The molecule has 0 aliphatic rings. The van der Waals surface area contributed by atoms with E-state index in [4.69, 9.17) is 33.9 Å². The zero-order valence-corrected chi connectivity index (χ0v) is 21.6. The number of sulfone groups is 1. The molecule has 3 rings (SSSR count). The molecular formula is C26H26Cl2N2O3S. The highest BCUT2D eigenvalue weighted by Gasteiger charge is 2.19. The maximum Gasteiger partial charge on any atom is 0.175 e. The Bertz CT molecular complexity index is 1390. The van der Waals surface area contributed by atoms with E-state index in [0.717, 1.165) is 16.7 Å². The maximum atomic E-state index is 11.9. The van der Waals surface area contributed by atoms with E-state index in [1.54, 1.807) is 56.3 Å². The maximum absolute atomic E-state index is 11.9. The number of nitrogens with two attached hydrogens (primary N) is 1. The first-order valence-corrected chi connectivity index (χ1v) is 13.1. The average molecular weight is 517 g/mol. The van der Waals surface area contributed by atoms with Crippen LogP contribution in [0.4, 0.5) is 5.69 Å². The van der Waals surface area contributed by atoms with Crippen molar-refractivity contribution in [3.8, 4) is 11.1 Å². The minimum atomic E-state index is -3.32. The molecule has 0 fully saturated rings. The van der Waals surface area contributed by atoms with Gasteiger partial charge in [-0.15, -0.1) is 0 Å². The first kappa shape index (κ1) is 26.0. The summed E-state index contributed by atoms with van der Waals surface area (Å²) in [6.45, 7) is 5.06. The summed E-state index contributed by atoms with van der Waals surface area (Å²) in [5.41, 5.74) is 9.10. The molecule has 0 spiro atoms. The lowest BCUT2D eigenvalue weighted by atomic mass is 10.0. The monoisotopic (exact) mass is 516 g/mol. The molecular weight excluding hydrogens is 491 g/mol. The number of aliphatic imine (C=N–C) groups is 1. The molecule has 0 unspecified atom stereocenters. The molecule has 0 aliphatic heterocycles. The number of nitrogens with zero attached hydrogens (tertiary/aromatic N) is 1. The van der Waals surface area contributed by atoms with Gasteiger partial charge in [-0.3, -0.25) is 0 Å². The Kier molecular flexibility index (Phi) is 7.58. The summed E-state index contributed by atoms with van der Waals surface area (Å²) >= 11 is 12.9. The fraction of sp³-hybridized carbons (Fsp3) is 0.192. The fourth-order valence-corrected chi connectivity index (χ4v) is 4.48.